The van der Waals surface area contributed by atoms with Crippen LogP contribution in [0.2, 0.25) is 0 Å². The van der Waals surface area contributed by atoms with Crippen LogP contribution >= 0.6 is 11.3 Å². The van der Waals surface area contributed by atoms with E-state index in [2.05, 4.69) is 20.8 Å². The van der Waals surface area contributed by atoms with Crippen molar-refractivity contribution in [3.05, 3.63) is 59.0 Å². The highest BCUT2D eigenvalue weighted by atomic mass is 32.1. The second-order valence-electron chi connectivity index (χ2n) is 5.32. The molecular formula is C17H14F2N4O2S. The van der Waals surface area contributed by atoms with Crippen LogP contribution in [0.5, 0.6) is 0 Å². The quantitative estimate of drug-likeness (QED) is 0.618. The second kappa shape index (κ2) is 7.87. The minimum absolute atomic E-state index is 0.00366. The Balaban J connectivity index is 1.48. The molecule has 0 saturated heterocycles. The third-order valence-corrected chi connectivity index (χ3v) is 4.35. The first-order valence-corrected chi connectivity index (χ1v) is 8.53. The Morgan fingerprint density at radius 2 is 2.04 bits per heavy atom. The lowest BCUT2D eigenvalue weighted by Gasteiger charge is -2.06. The zero-order valence-electron chi connectivity index (χ0n) is 13.4. The molecule has 1 aromatic carbocycles. The molecule has 0 saturated carbocycles. The molecule has 134 valence electrons. The summed E-state index contributed by atoms with van der Waals surface area (Å²) in [6, 6.07) is 8.21. The summed E-state index contributed by atoms with van der Waals surface area (Å²) in [5.41, 5.74) is 0.509. The van der Waals surface area contributed by atoms with Crippen LogP contribution in [0, 0.1) is 11.6 Å². The number of halogens is 2. The van der Waals surface area contributed by atoms with Crippen LogP contribution in [0.1, 0.15) is 16.8 Å². The summed E-state index contributed by atoms with van der Waals surface area (Å²) in [5, 5.41) is 13.8. The first kappa shape index (κ1) is 17.7. The van der Waals surface area contributed by atoms with Crippen molar-refractivity contribution in [3.63, 3.8) is 0 Å². The van der Waals surface area contributed by atoms with Crippen molar-refractivity contribution in [2.75, 3.05) is 11.9 Å². The molecule has 0 aliphatic heterocycles. The molecule has 0 unspecified atom stereocenters. The number of hydrogen-bond acceptors (Lipinski definition) is 4. The molecule has 0 spiro atoms. The van der Waals surface area contributed by atoms with Gasteiger partial charge in [0.25, 0.3) is 5.91 Å². The number of hydrogen-bond donors (Lipinski definition) is 3. The predicted octanol–water partition coefficient (Wildman–Crippen LogP) is 3.18. The summed E-state index contributed by atoms with van der Waals surface area (Å²) < 4.78 is 26.3. The highest BCUT2D eigenvalue weighted by Crippen LogP contribution is 2.24. The topological polar surface area (TPSA) is 86.9 Å². The Hall–Kier alpha value is -3.07. The standard InChI is InChI=1S/C17H14F2N4O2S/c18-10-3-4-11(12(19)8-10)17(25)20-6-5-16(24)21-15-9-13(22-23-15)14-2-1-7-26-14/h1-4,7-9H,5-6H2,(H,20,25)(H2,21,22,23,24). The first-order valence-electron chi connectivity index (χ1n) is 7.65. The van der Waals surface area contributed by atoms with Crippen LogP contribution in [0.4, 0.5) is 14.6 Å². The number of benzene rings is 1. The summed E-state index contributed by atoms with van der Waals surface area (Å²) in [6.07, 6.45) is -0.0181. The summed E-state index contributed by atoms with van der Waals surface area (Å²) >= 11 is 1.54. The lowest BCUT2D eigenvalue weighted by molar-refractivity contribution is -0.116. The number of aromatic nitrogens is 2. The number of thiophene rings is 1. The molecule has 2 amide bonds. The van der Waals surface area contributed by atoms with Gasteiger partial charge in [0.2, 0.25) is 5.91 Å². The highest BCUT2D eigenvalue weighted by molar-refractivity contribution is 7.13. The minimum Gasteiger partial charge on any atom is -0.351 e. The van der Waals surface area contributed by atoms with Crippen molar-refractivity contribution in [1.82, 2.24) is 15.5 Å². The van der Waals surface area contributed by atoms with E-state index in [4.69, 9.17) is 0 Å². The number of carbonyl (C=O) groups excluding carboxylic acids is 2. The molecular weight excluding hydrogens is 362 g/mol. The maximum atomic E-state index is 13.5. The molecule has 0 aliphatic rings. The van der Waals surface area contributed by atoms with Gasteiger partial charge in [0.05, 0.1) is 16.1 Å². The van der Waals surface area contributed by atoms with Crippen molar-refractivity contribution in [3.8, 4) is 10.6 Å². The number of H-pyrrole nitrogens is 1. The van der Waals surface area contributed by atoms with Gasteiger partial charge in [-0.3, -0.25) is 14.7 Å². The molecule has 3 rings (SSSR count). The molecule has 0 atom stereocenters. The molecule has 2 aromatic heterocycles. The van der Waals surface area contributed by atoms with Gasteiger partial charge < -0.3 is 10.6 Å². The van der Waals surface area contributed by atoms with Gasteiger partial charge in [-0.05, 0) is 23.6 Å². The molecule has 0 aliphatic carbocycles. The summed E-state index contributed by atoms with van der Waals surface area (Å²) in [4.78, 5) is 24.7. The van der Waals surface area contributed by atoms with Gasteiger partial charge in [-0.25, -0.2) is 8.78 Å². The number of anilines is 1. The maximum Gasteiger partial charge on any atom is 0.254 e. The predicted molar refractivity (Wildman–Crippen MR) is 93.8 cm³/mol. The Labute approximate surface area is 151 Å². The Morgan fingerprint density at radius 1 is 1.19 bits per heavy atom. The summed E-state index contributed by atoms with van der Waals surface area (Å²) in [7, 11) is 0. The molecule has 0 bridgehead atoms. The van der Waals surface area contributed by atoms with Crippen LogP contribution in [0.3, 0.4) is 0 Å². The molecule has 9 heteroatoms. The van der Waals surface area contributed by atoms with Gasteiger partial charge in [-0.1, -0.05) is 6.07 Å². The molecule has 0 radical (unpaired) electrons. The van der Waals surface area contributed by atoms with E-state index < -0.39 is 17.5 Å². The van der Waals surface area contributed by atoms with Gasteiger partial charge in [0.15, 0.2) is 5.82 Å². The number of carbonyl (C=O) groups is 2. The first-order chi connectivity index (χ1) is 12.5. The second-order valence-corrected chi connectivity index (χ2v) is 6.27. The average molecular weight is 376 g/mol. The number of amides is 2. The molecule has 3 aromatic rings. The van der Waals surface area contributed by atoms with Crippen molar-refractivity contribution >= 4 is 29.0 Å². The van der Waals surface area contributed by atoms with Crippen LogP contribution in [0.15, 0.2) is 41.8 Å². The third kappa shape index (κ3) is 4.31. The normalized spacial score (nSPS) is 10.5. The maximum absolute atomic E-state index is 13.5. The van der Waals surface area contributed by atoms with E-state index in [9.17, 15) is 18.4 Å². The molecule has 26 heavy (non-hydrogen) atoms. The van der Waals surface area contributed by atoms with Crippen molar-refractivity contribution in [2.24, 2.45) is 0 Å². The molecule has 6 nitrogen and oxygen atoms in total. The summed E-state index contributed by atoms with van der Waals surface area (Å²) in [5.74, 6) is -2.41. The van der Waals surface area contributed by atoms with Crippen molar-refractivity contribution < 1.29 is 18.4 Å². The van der Waals surface area contributed by atoms with Gasteiger partial charge in [0, 0.05) is 25.1 Å². The van der Waals surface area contributed by atoms with Gasteiger partial charge >= 0.3 is 0 Å². The van der Waals surface area contributed by atoms with Gasteiger partial charge in [0.1, 0.15) is 11.6 Å². The van der Waals surface area contributed by atoms with E-state index >= 15 is 0 Å². The Bertz CT molecular complexity index is 925. The Morgan fingerprint density at radius 3 is 2.77 bits per heavy atom. The smallest absolute Gasteiger partial charge is 0.254 e. The summed E-state index contributed by atoms with van der Waals surface area (Å²) in [6.45, 7) is 0.00366. The lowest BCUT2D eigenvalue weighted by Crippen LogP contribution is -2.28. The lowest BCUT2D eigenvalue weighted by atomic mass is 10.2. The number of nitrogens with one attached hydrogen (secondary N) is 3. The number of rotatable bonds is 6. The third-order valence-electron chi connectivity index (χ3n) is 3.45. The van der Waals surface area contributed by atoms with Crippen LogP contribution in [-0.2, 0) is 4.79 Å². The van der Waals surface area contributed by atoms with Crippen LogP contribution in [-0.4, -0.2) is 28.6 Å². The average Bonchev–Trinajstić information content (AvgIpc) is 3.25. The van der Waals surface area contributed by atoms with E-state index in [1.54, 1.807) is 6.07 Å². The zero-order chi connectivity index (χ0) is 18.5. The van der Waals surface area contributed by atoms with E-state index in [-0.39, 0.29) is 24.4 Å². The largest absolute Gasteiger partial charge is 0.351 e. The fourth-order valence-electron chi connectivity index (χ4n) is 2.21. The van der Waals surface area contributed by atoms with Crippen molar-refractivity contribution in [1.29, 1.82) is 0 Å². The SMILES string of the molecule is O=C(CCNC(=O)c1ccc(F)cc1F)Nc1cc(-c2cccs2)[nH]n1. The highest BCUT2D eigenvalue weighted by Gasteiger charge is 2.13. The van der Waals surface area contributed by atoms with Crippen LogP contribution in [0.25, 0.3) is 10.6 Å². The van der Waals surface area contributed by atoms with E-state index in [0.717, 1.165) is 22.7 Å². The van der Waals surface area contributed by atoms with E-state index in [1.165, 1.54) is 11.3 Å². The molecule has 3 N–H and O–H groups in total. The number of aromatic amines is 1. The van der Waals surface area contributed by atoms with Crippen molar-refractivity contribution in [2.45, 2.75) is 6.42 Å². The number of nitrogens with zero attached hydrogens (tertiary/aromatic N) is 1. The van der Waals surface area contributed by atoms with Gasteiger partial charge in [-0.2, -0.15) is 5.10 Å². The minimum atomic E-state index is -0.954. The fourth-order valence-corrected chi connectivity index (χ4v) is 2.90. The van der Waals surface area contributed by atoms with E-state index in [1.807, 2.05) is 17.5 Å². The fraction of sp³-hybridized carbons (Fsp3) is 0.118. The monoisotopic (exact) mass is 376 g/mol. The Kier molecular flexibility index (Phi) is 5.37. The van der Waals surface area contributed by atoms with Crippen LogP contribution < -0.4 is 10.6 Å². The molecule has 2 heterocycles. The van der Waals surface area contributed by atoms with Gasteiger partial charge in [-0.15, -0.1) is 11.3 Å². The molecule has 0 fully saturated rings. The zero-order valence-corrected chi connectivity index (χ0v) is 14.2. The van der Waals surface area contributed by atoms with E-state index in [0.29, 0.717) is 11.9 Å².